The van der Waals surface area contributed by atoms with Gasteiger partial charge in [-0.25, -0.2) is 8.42 Å². The van der Waals surface area contributed by atoms with E-state index < -0.39 is 9.05 Å². The molecule has 1 heterocycles. The molecule has 7 heteroatoms. The lowest BCUT2D eigenvalue weighted by molar-refractivity contribution is -0.00675. The maximum absolute atomic E-state index is 11.5. The summed E-state index contributed by atoms with van der Waals surface area (Å²) in [6.07, 6.45) is 6.49. The van der Waals surface area contributed by atoms with Crippen LogP contribution in [-0.2, 0) is 16.1 Å². The Morgan fingerprint density at radius 2 is 1.60 bits per heavy atom. The fourth-order valence-corrected chi connectivity index (χ4v) is 6.14. The van der Waals surface area contributed by atoms with Crippen molar-refractivity contribution in [3.8, 4) is 0 Å². The molecule has 0 aliphatic heterocycles. The summed E-state index contributed by atoms with van der Waals surface area (Å²) < 4.78 is 24.6. The predicted octanol–water partition coefficient (Wildman–Crippen LogP) is 2.28. The lowest BCUT2D eigenvalue weighted by Gasteiger charge is -2.53. The van der Waals surface area contributed by atoms with Crippen LogP contribution in [0.3, 0.4) is 0 Å². The minimum absolute atomic E-state index is 0.122. The number of nitrogens with zero attached hydrogens (tertiary/aromatic N) is 3. The van der Waals surface area contributed by atoms with E-state index in [9.17, 15) is 8.42 Å². The Kier molecular flexibility index (Phi) is 2.74. The highest BCUT2D eigenvalue weighted by Crippen LogP contribution is 2.59. The molecule has 0 aromatic carbocycles. The van der Waals surface area contributed by atoms with Gasteiger partial charge in [-0.3, -0.25) is 0 Å². The van der Waals surface area contributed by atoms with Crippen LogP contribution in [0.15, 0.2) is 5.16 Å². The highest BCUT2D eigenvalue weighted by Gasteiger charge is 2.50. The van der Waals surface area contributed by atoms with E-state index in [2.05, 4.69) is 10.2 Å². The van der Waals surface area contributed by atoms with E-state index in [0.29, 0.717) is 17.8 Å². The fourth-order valence-electron chi connectivity index (χ4n) is 5.18. The van der Waals surface area contributed by atoms with Gasteiger partial charge in [-0.2, -0.15) is 0 Å². The molecular formula is C13H18ClN3O2S. The second-order valence-electron chi connectivity index (χ2n) is 6.79. The molecule has 0 radical (unpaired) electrons. The van der Waals surface area contributed by atoms with Crippen molar-refractivity contribution in [2.24, 2.45) is 30.7 Å². The molecule has 4 fully saturated rings. The van der Waals surface area contributed by atoms with E-state index in [1.54, 1.807) is 11.6 Å². The van der Waals surface area contributed by atoms with Gasteiger partial charge in [0, 0.05) is 23.6 Å². The Hall–Kier alpha value is -0.620. The van der Waals surface area contributed by atoms with Gasteiger partial charge in [0.15, 0.2) is 0 Å². The number of aromatic nitrogens is 3. The van der Waals surface area contributed by atoms with Crippen LogP contribution in [0.4, 0.5) is 0 Å². The Morgan fingerprint density at radius 3 is 2.05 bits per heavy atom. The molecule has 0 unspecified atom stereocenters. The molecule has 0 N–H and O–H groups in total. The number of rotatable bonds is 2. The summed E-state index contributed by atoms with van der Waals surface area (Å²) in [6, 6.07) is 0. The minimum Gasteiger partial charge on any atom is -0.304 e. The van der Waals surface area contributed by atoms with Crippen molar-refractivity contribution >= 4 is 19.7 Å². The van der Waals surface area contributed by atoms with Gasteiger partial charge < -0.3 is 4.57 Å². The lowest BCUT2D eigenvalue weighted by atomic mass is 9.51. The van der Waals surface area contributed by atoms with Crippen LogP contribution in [-0.4, -0.2) is 23.2 Å². The molecule has 1 aromatic heterocycles. The Morgan fingerprint density at radius 1 is 1.05 bits per heavy atom. The summed E-state index contributed by atoms with van der Waals surface area (Å²) in [7, 11) is 3.32. The largest absolute Gasteiger partial charge is 0.304 e. The minimum atomic E-state index is -3.82. The number of halogens is 1. The third-order valence-electron chi connectivity index (χ3n) is 5.61. The average Bonchev–Trinajstić information content (AvgIpc) is 2.70. The maximum Gasteiger partial charge on any atom is 0.296 e. The van der Waals surface area contributed by atoms with E-state index in [4.69, 9.17) is 10.7 Å². The molecule has 20 heavy (non-hydrogen) atoms. The molecule has 4 aliphatic rings. The Bertz CT molecular complexity index is 627. The smallest absolute Gasteiger partial charge is 0.296 e. The first-order valence-electron chi connectivity index (χ1n) is 7.27. The second kappa shape index (κ2) is 4.19. The molecule has 110 valence electrons. The predicted molar refractivity (Wildman–Crippen MR) is 73.8 cm³/mol. The molecule has 4 saturated carbocycles. The molecule has 0 amide bonds. The first-order chi connectivity index (χ1) is 9.43. The third-order valence-corrected chi connectivity index (χ3v) is 6.82. The van der Waals surface area contributed by atoms with Crippen LogP contribution in [0.5, 0.6) is 0 Å². The van der Waals surface area contributed by atoms with Gasteiger partial charge >= 0.3 is 0 Å². The van der Waals surface area contributed by atoms with Crippen LogP contribution in [0.1, 0.15) is 43.8 Å². The zero-order chi connectivity index (χ0) is 14.1. The van der Waals surface area contributed by atoms with E-state index in [1.807, 2.05) is 0 Å². The molecule has 4 aliphatic carbocycles. The zero-order valence-corrected chi connectivity index (χ0v) is 12.9. The van der Waals surface area contributed by atoms with Crippen LogP contribution >= 0.6 is 10.7 Å². The van der Waals surface area contributed by atoms with Crippen LogP contribution in [0.25, 0.3) is 0 Å². The molecule has 0 saturated heterocycles. The molecule has 4 bridgehead atoms. The van der Waals surface area contributed by atoms with Gasteiger partial charge in [-0.15, -0.1) is 10.2 Å². The van der Waals surface area contributed by atoms with E-state index in [0.717, 1.165) is 17.7 Å². The molecule has 0 atom stereocenters. The molecule has 0 spiro atoms. The summed E-state index contributed by atoms with van der Waals surface area (Å²) in [5.74, 6) is 4.27. The van der Waals surface area contributed by atoms with Gasteiger partial charge in [-0.05, 0) is 55.8 Å². The Labute approximate surface area is 123 Å². The molecule has 1 aromatic rings. The second-order valence-corrected chi connectivity index (χ2v) is 9.25. The highest BCUT2D eigenvalue weighted by molar-refractivity contribution is 8.13. The SMILES string of the molecule is Cn1c(C2C3CC4CC(C3)CC2C4)nnc1S(=O)(=O)Cl. The Balaban J connectivity index is 1.74. The first-order valence-corrected chi connectivity index (χ1v) is 9.58. The monoisotopic (exact) mass is 315 g/mol. The van der Waals surface area contributed by atoms with Crippen molar-refractivity contribution in [2.75, 3.05) is 0 Å². The van der Waals surface area contributed by atoms with Crippen molar-refractivity contribution in [1.82, 2.24) is 14.8 Å². The van der Waals surface area contributed by atoms with Crippen molar-refractivity contribution in [2.45, 2.75) is 43.2 Å². The lowest BCUT2D eigenvalue weighted by Crippen LogP contribution is -2.44. The summed E-state index contributed by atoms with van der Waals surface area (Å²) in [5, 5.41) is 7.87. The molecule has 5 nitrogen and oxygen atoms in total. The summed E-state index contributed by atoms with van der Waals surface area (Å²) in [5.41, 5.74) is 0. The number of hydrogen-bond donors (Lipinski definition) is 0. The standard InChI is InChI=1S/C13H18ClN3O2S/c1-17-12(15-16-13(17)20(14,18)19)11-9-3-7-2-8(5-9)6-10(11)4-7/h7-11H,2-6H2,1H3. The van der Waals surface area contributed by atoms with Crippen molar-refractivity contribution < 1.29 is 8.42 Å². The molecule has 5 rings (SSSR count). The number of hydrogen-bond acceptors (Lipinski definition) is 4. The van der Waals surface area contributed by atoms with E-state index in [-0.39, 0.29) is 5.16 Å². The average molecular weight is 316 g/mol. The van der Waals surface area contributed by atoms with E-state index >= 15 is 0 Å². The molecular weight excluding hydrogens is 298 g/mol. The van der Waals surface area contributed by atoms with E-state index in [1.165, 1.54) is 32.1 Å². The van der Waals surface area contributed by atoms with Crippen LogP contribution in [0.2, 0.25) is 0 Å². The quantitative estimate of drug-likeness (QED) is 0.785. The summed E-state index contributed by atoms with van der Waals surface area (Å²) in [6.45, 7) is 0. The normalized spacial score (nSPS) is 39.4. The van der Waals surface area contributed by atoms with Crippen LogP contribution < -0.4 is 0 Å². The third kappa shape index (κ3) is 1.84. The van der Waals surface area contributed by atoms with Gasteiger partial charge in [-0.1, -0.05) is 0 Å². The van der Waals surface area contributed by atoms with Crippen molar-refractivity contribution in [3.05, 3.63) is 5.82 Å². The van der Waals surface area contributed by atoms with Crippen molar-refractivity contribution in [1.29, 1.82) is 0 Å². The van der Waals surface area contributed by atoms with Gasteiger partial charge in [0.05, 0.1) is 0 Å². The summed E-state index contributed by atoms with van der Waals surface area (Å²) in [4.78, 5) is 0. The fraction of sp³-hybridized carbons (Fsp3) is 0.846. The van der Waals surface area contributed by atoms with Gasteiger partial charge in [0.25, 0.3) is 14.2 Å². The maximum atomic E-state index is 11.5. The van der Waals surface area contributed by atoms with Crippen LogP contribution in [0, 0.1) is 23.7 Å². The zero-order valence-electron chi connectivity index (χ0n) is 11.4. The highest BCUT2D eigenvalue weighted by atomic mass is 35.7. The topological polar surface area (TPSA) is 64.8 Å². The van der Waals surface area contributed by atoms with Crippen molar-refractivity contribution in [3.63, 3.8) is 0 Å². The van der Waals surface area contributed by atoms with Gasteiger partial charge in [0.1, 0.15) is 5.82 Å². The summed E-state index contributed by atoms with van der Waals surface area (Å²) >= 11 is 0. The first kappa shape index (κ1) is 13.1. The van der Waals surface area contributed by atoms with Gasteiger partial charge in [0.2, 0.25) is 0 Å².